The third kappa shape index (κ3) is 5.08. The number of rotatable bonds is 8. The Morgan fingerprint density at radius 3 is 2.35 bits per heavy atom. The van der Waals surface area contributed by atoms with Crippen LogP contribution in [0, 0.1) is 6.92 Å². The van der Waals surface area contributed by atoms with Crippen molar-refractivity contribution in [2.24, 2.45) is 0 Å². The molecule has 216 valence electrons. The molecule has 3 aromatic carbocycles. The summed E-state index contributed by atoms with van der Waals surface area (Å²) in [6, 6.07) is 24.1. The monoisotopic (exact) mass is 573 g/mol. The second-order valence-corrected chi connectivity index (χ2v) is 10.7. The molecule has 1 fully saturated rings. The van der Waals surface area contributed by atoms with Crippen LogP contribution in [0.2, 0.25) is 0 Å². The molecule has 0 N–H and O–H groups in total. The summed E-state index contributed by atoms with van der Waals surface area (Å²) in [6.07, 6.45) is 3.89. The van der Waals surface area contributed by atoms with Crippen molar-refractivity contribution in [2.75, 3.05) is 20.2 Å². The zero-order valence-corrected chi connectivity index (χ0v) is 24.1. The van der Waals surface area contributed by atoms with Gasteiger partial charge in [0, 0.05) is 6.54 Å². The van der Waals surface area contributed by atoms with Crippen LogP contribution in [0.15, 0.2) is 83.9 Å². The number of ether oxygens (including phenoxy) is 1. The molecule has 0 amide bonds. The summed E-state index contributed by atoms with van der Waals surface area (Å²) < 4.78 is 8.60. The van der Waals surface area contributed by atoms with Crippen molar-refractivity contribution in [3.63, 3.8) is 0 Å². The number of fused-ring (bicyclic) bond motifs is 1. The van der Waals surface area contributed by atoms with Gasteiger partial charge in [-0.3, -0.25) is 14.3 Å². The van der Waals surface area contributed by atoms with Crippen molar-refractivity contribution in [1.29, 1.82) is 0 Å². The molecule has 4 heterocycles. The summed E-state index contributed by atoms with van der Waals surface area (Å²) in [6.45, 7) is 5.30. The number of nitrogens with zero attached hydrogens (tertiary/aromatic N) is 9. The Hall–Kier alpha value is -5.16. The fourth-order valence-corrected chi connectivity index (χ4v) is 5.86. The standard InChI is InChI=1S/C32H31N9O2/c1-22-35-30-29(20-39-34-21-33-37-39)36-41(26-13-15-27(43-2)16-14-26)31(30)32(42)40(22)25-11-9-23(10-12-25)28-8-4-3-7-24(28)19-38-17-5-6-18-38/h3-4,7-16,21H,5-6,17-20H2,1-2H3. The smallest absolute Gasteiger partial charge is 0.284 e. The lowest BCUT2D eigenvalue weighted by molar-refractivity contribution is 0.332. The van der Waals surface area contributed by atoms with Crippen LogP contribution in [0.25, 0.3) is 33.5 Å². The van der Waals surface area contributed by atoms with Crippen molar-refractivity contribution < 1.29 is 4.74 Å². The summed E-state index contributed by atoms with van der Waals surface area (Å²) in [5, 5.41) is 16.7. The second-order valence-electron chi connectivity index (χ2n) is 10.7. The predicted octanol–water partition coefficient (Wildman–Crippen LogP) is 4.19. The third-order valence-corrected chi connectivity index (χ3v) is 7.98. The Morgan fingerprint density at radius 1 is 0.884 bits per heavy atom. The van der Waals surface area contributed by atoms with Crippen LogP contribution in [0.1, 0.15) is 29.9 Å². The first kappa shape index (κ1) is 26.7. The maximum Gasteiger partial charge on any atom is 0.284 e. The highest BCUT2D eigenvalue weighted by Gasteiger charge is 2.22. The number of tetrazole rings is 1. The van der Waals surface area contributed by atoms with Gasteiger partial charge < -0.3 is 4.74 Å². The Morgan fingerprint density at radius 2 is 1.63 bits per heavy atom. The highest BCUT2D eigenvalue weighted by molar-refractivity contribution is 5.79. The summed E-state index contributed by atoms with van der Waals surface area (Å²) in [7, 11) is 1.62. The first-order valence-corrected chi connectivity index (χ1v) is 14.4. The van der Waals surface area contributed by atoms with Gasteiger partial charge in [0.1, 0.15) is 29.3 Å². The average Bonchev–Trinajstić information content (AvgIpc) is 3.81. The molecule has 0 bridgehead atoms. The van der Waals surface area contributed by atoms with Crippen molar-refractivity contribution in [2.45, 2.75) is 32.9 Å². The van der Waals surface area contributed by atoms with E-state index in [-0.39, 0.29) is 12.1 Å². The van der Waals surface area contributed by atoms with Crippen molar-refractivity contribution in [3.05, 3.63) is 107 Å². The molecule has 0 saturated carbocycles. The fraction of sp³-hybridized carbons (Fsp3) is 0.250. The molecule has 0 unspecified atom stereocenters. The van der Waals surface area contributed by atoms with E-state index in [0.29, 0.717) is 34.0 Å². The first-order valence-electron chi connectivity index (χ1n) is 14.4. The maximum atomic E-state index is 14.3. The lowest BCUT2D eigenvalue weighted by Crippen LogP contribution is -2.24. The maximum absolute atomic E-state index is 14.3. The van der Waals surface area contributed by atoms with E-state index in [9.17, 15) is 4.79 Å². The fourth-order valence-electron chi connectivity index (χ4n) is 5.86. The number of aromatic nitrogens is 8. The Bertz CT molecular complexity index is 1940. The van der Waals surface area contributed by atoms with E-state index in [1.165, 1.54) is 35.1 Å². The molecule has 3 aromatic heterocycles. The Kier molecular flexibility index (Phi) is 6.99. The average molecular weight is 574 g/mol. The van der Waals surface area contributed by atoms with Crippen molar-refractivity contribution >= 4 is 11.0 Å². The van der Waals surface area contributed by atoms with Gasteiger partial charge in [0.2, 0.25) is 0 Å². The summed E-state index contributed by atoms with van der Waals surface area (Å²) in [5.74, 6) is 1.27. The van der Waals surface area contributed by atoms with Gasteiger partial charge in [0.25, 0.3) is 5.56 Å². The molecular weight excluding hydrogens is 542 g/mol. The van der Waals surface area contributed by atoms with Gasteiger partial charge in [0.05, 0.1) is 18.5 Å². The van der Waals surface area contributed by atoms with Gasteiger partial charge in [-0.05, 0) is 91.2 Å². The molecule has 7 rings (SSSR count). The van der Waals surface area contributed by atoms with Crippen LogP contribution in [-0.4, -0.2) is 64.6 Å². The van der Waals surface area contributed by atoms with Gasteiger partial charge in [-0.15, -0.1) is 10.2 Å². The first-order chi connectivity index (χ1) is 21.1. The number of benzene rings is 3. The van der Waals surface area contributed by atoms with Gasteiger partial charge in [-0.1, -0.05) is 36.4 Å². The van der Waals surface area contributed by atoms with E-state index >= 15 is 0 Å². The largest absolute Gasteiger partial charge is 0.497 e. The molecule has 1 aliphatic rings. The summed E-state index contributed by atoms with van der Waals surface area (Å²) in [4.78, 5) is 23.1. The normalized spacial score (nSPS) is 13.6. The van der Waals surface area contributed by atoms with Gasteiger partial charge in [-0.2, -0.15) is 9.90 Å². The van der Waals surface area contributed by atoms with Crippen LogP contribution >= 0.6 is 0 Å². The highest BCUT2D eigenvalue weighted by atomic mass is 16.5. The number of hydrogen-bond donors (Lipinski definition) is 0. The van der Waals surface area contributed by atoms with Crippen molar-refractivity contribution in [1.82, 2.24) is 44.4 Å². The molecular formula is C32H31N9O2. The van der Waals surface area contributed by atoms with Gasteiger partial charge >= 0.3 is 0 Å². The highest BCUT2D eigenvalue weighted by Crippen LogP contribution is 2.28. The minimum atomic E-state index is -0.217. The van der Waals surface area contributed by atoms with E-state index in [1.54, 1.807) is 16.4 Å². The summed E-state index contributed by atoms with van der Waals surface area (Å²) in [5.41, 5.74) is 6.30. The van der Waals surface area contributed by atoms with E-state index in [0.717, 1.165) is 30.9 Å². The topological polar surface area (TPSA) is 109 Å². The van der Waals surface area contributed by atoms with E-state index in [4.69, 9.17) is 14.8 Å². The molecule has 1 aliphatic heterocycles. The van der Waals surface area contributed by atoms with Crippen molar-refractivity contribution in [3.8, 4) is 28.3 Å². The predicted molar refractivity (Wildman–Crippen MR) is 163 cm³/mol. The van der Waals surface area contributed by atoms with Gasteiger partial charge in [-0.25, -0.2) is 9.67 Å². The van der Waals surface area contributed by atoms with E-state index < -0.39 is 0 Å². The second kappa shape index (κ2) is 11.3. The Balaban J connectivity index is 1.31. The quantitative estimate of drug-likeness (QED) is 0.267. The molecule has 0 atom stereocenters. The summed E-state index contributed by atoms with van der Waals surface area (Å²) >= 11 is 0. The SMILES string of the molecule is COc1ccc(-n2nc(Cn3ncnn3)c3nc(C)n(-c4ccc(-c5ccccc5CN5CCCC5)cc4)c(=O)c32)cc1. The minimum absolute atomic E-state index is 0.217. The lowest BCUT2D eigenvalue weighted by atomic mass is 9.99. The van der Waals surface area contributed by atoms with E-state index in [1.807, 2.05) is 43.3 Å². The number of aryl methyl sites for hydroxylation is 1. The molecule has 43 heavy (non-hydrogen) atoms. The third-order valence-electron chi connectivity index (χ3n) is 7.98. The van der Waals surface area contributed by atoms with Crippen LogP contribution in [-0.2, 0) is 13.1 Å². The van der Waals surface area contributed by atoms with Crippen LogP contribution < -0.4 is 10.3 Å². The molecule has 0 radical (unpaired) electrons. The van der Waals surface area contributed by atoms with E-state index in [2.05, 4.69) is 56.7 Å². The number of likely N-dealkylation sites (tertiary alicyclic amines) is 1. The molecule has 0 aliphatic carbocycles. The van der Waals surface area contributed by atoms with Crippen LogP contribution in [0.5, 0.6) is 5.75 Å². The van der Waals surface area contributed by atoms with Crippen LogP contribution in [0.3, 0.4) is 0 Å². The van der Waals surface area contributed by atoms with Crippen LogP contribution in [0.4, 0.5) is 0 Å². The molecule has 11 heteroatoms. The van der Waals surface area contributed by atoms with Gasteiger partial charge in [0.15, 0.2) is 11.8 Å². The molecule has 11 nitrogen and oxygen atoms in total. The number of methoxy groups -OCH3 is 1. The number of hydrogen-bond acceptors (Lipinski definition) is 8. The molecule has 1 saturated heterocycles. The zero-order valence-electron chi connectivity index (χ0n) is 24.1. The molecule has 6 aromatic rings. The zero-order chi connectivity index (χ0) is 29.3. The lowest BCUT2D eigenvalue weighted by Gasteiger charge is -2.18. The minimum Gasteiger partial charge on any atom is -0.497 e. The Labute approximate surface area is 248 Å². The molecule has 0 spiro atoms.